The van der Waals surface area contributed by atoms with Crippen LogP contribution in [-0.4, -0.2) is 139 Å². The van der Waals surface area contributed by atoms with Gasteiger partial charge in [0.2, 0.25) is 23.7 Å². The number of imidazole rings is 2. The molecule has 0 atom stereocenters. The molecular weight excluding hydrogens is 1260 g/mol. The van der Waals surface area contributed by atoms with Crippen LogP contribution in [0.2, 0.25) is 0 Å². The lowest BCUT2D eigenvalue weighted by molar-refractivity contribution is -0.127. The zero-order chi connectivity index (χ0) is 66.3. The van der Waals surface area contributed by atoms with Gasteiger partial charge in [-0.2, -0.15) is 10.5 Å². The van der Waals surface area contributed by atoms with Gasteiger partial charge in [-0.1, -0.05) is 65.2 Å². The number of aromatic nitrogens is 10. The Kier molecular flexibility index (Phi) is 21.6. The lowest BCUT2D eigenvalue weighted by atomic mass is 9.95. The summed E-state index contributed by atoms with van der Waals surface area (Å²) >= 11 is 2.57. The van der Waals surface area contributed by atoms with Gasteiger partial charge >= 0.3 is 0 Å². The zero-order valence-corrected chi connectivity index (χ0v) is 54.5. The van der Waals surface area contributed by atoms with Crippen LogP contribution in [0.25, 0.3) is 56.1 Å². The van der Waals surface area contributed by atoms with Crippen molar-refractivity contribution >= 4 is 79.6 Å². The average molecular weight is 1340 g/mol. The van der Waals surface area contributed by atoms with E-state index < -0.39 is 0 Å². The molecule has 10 aromatic rings. The Morgan fingerprint density at radius 2 is 0.917 bits per heavy atom. The van der Waals surface area contributed by atoms with E-state index in [2.05, 4.69) is 57.1 Å². The maximum absolute atomic E-state index is 13.6. The molecule has 2 amide bonds. The van der Waals surface area contributed by atoms with Crippen LogP contribution in [0.3, 0.4) is 0 Å². The second kappa shape index (κ2) is 30.7. The third-order valence-corrected chi connectivity index (χ3v) is 19.4. The van der Waals surface area contributed by atoms with Crippen molar-refractivity contribution in [3.8, 4) is 56.9 Å². The number of halogens is 2. The van der Waals surface area contributed by atoms with E-state index in [0.717, 1.165) is 135 Å². The number of carbonyl (C=O) groups excluding carboxylic acids is 2. The Labute approximate surface area is 567 Å². The van der Waals surface area contributed by atoms with Crippen LogP contribution in [0.4, 0.5) is 42.6 Å². The molecule has 14 rings (SSSR count). The molecule has 22 nitrogen and oxygen atoms in total. The molecule has 4 aliphatic heterocycles. The van der Waals surface area contributed by atoms with Gasteiger partial charge in [0.05, 0.1) is 23.5 Å². The topological polar surface area (TPSA) is 255 Å². The molecule has 26 heteroatoms. The Balaban J connectivity index is 0.000000199. The van der Waals surface area contributed by atoms with Crippen LogP contribution in [-0.2, 0) is 22.4 Å². The summed E-state index contributed by atoms with van der Waals surface area (Å²) in [6.07, 6.45) is 15.9. The third-order valence-electron chi connectivity index (χ3n) is 17.4. The fraction of sp³-hybridized carbons (Fsp3) is 0.371. The van der Waals surface area contributed by atoms with E-state index >= 15 is 0 Å². The van der Waals surface area contributed by atoms with Gasteiger partial charge in [-0.25, -0.2) is 48.7 Å². The first kappa shape index (κ1) is 67.6. The van der Waals surface area contributed by atoms with E-state index in [0.29, 0.717) is 74.2 Å². The highest BCUT2D eigenvalue weighted by atomic mass is 32.1. The summed E-state index contributed by atoms with van der Waals surface area (Å²) in [6.45, 7) is 12.8. The highest BCUT2D eigenvalue weighted by Crippen LogP contribution is 2.40. The number of aryl methyl sites for hydroxylation is 2. The van der Waals surface area contributed by atoms with Gasteiger partial charge in [-0.3, -0.25) is 18.4 Å². The van der Waals surface area contributed by atoms with Crippen LogP contribution in [0.1, 0.15) is 90.7 Å². The predicted molar refractivity (Wildman–Crippen MR) is 376 cm³/mol. The SMILES string of the molecule is C.C.CCc1nc2ccc(-c3cnc(N4CCC(C(=O)NC5CNC5)CC4)nc3)cn2c1N(C)c1nc(-c2ccc(F)cc2)c(C#N)s1.CCc1nc2ccc(-c3cnc(N4CCC(C(=O)NC5CNC5)CC4)nc3)cn2c1N(C)c1nc(-c2ccc(F)cc2)c(C#N)s1.[2H]CC. The second-order valence-electron chi connectivity index (χ2n) is 23.3. The third kappa shape index (κ3) is 14.5. The molecule has 0 bridgehead atoms. The maximum Gasteiger partial charge on any atom is 0.225 e. The van der Waals surface area contributed by atoms with Gasteiger partial charge < -0.3 is 40.9 Å². The van der Waals surface area contributed by atoms with Gasteiger partial charge in [0.15, 0.2) is 10.3 Å². The van der Waals surface area contributed by atoms with E-state index in [9.17, 15) is 28.9 Å². The van der Waals surface area contributed by atoms with E-state index in [1.54, 1.807) is 31.2 Å². The normalized spacial score (nSPS) is 15.0. The van der Waals surface area contributed by atoms with Crippen LogP contribution in [0.15, 0.2) is 110 Å². The number of nitrogens with zero attached hydrogens (tertiary/aromatic N) is 16. The van der Waals surface area contributed by atoms with Crippen LogP contribution in [0.5, 0.6) is 0 Å². The highest BCUT2D eigenvalue weighted by Gasteiger charge is 2.32. The fourth-order valence-corrected chi connectivity index (χ4v) is 13.6. The van der Waals surface area contributed by atoms with E-state index in [1.165, 1.54) is 46.9 Å². The first-order valence-electron chi connectivity index (χ1n) is 32.2. The average Bonchev–Trinajstić information content (AvgIpc) is 1.62. The number of carbonyl (C=O) groups is 2. The van der Waals surface area contributed by atoms with Crippen molar-refractivity contribution < 1.29 is 19.7 Å². The molecule has 0 saturated carbocycles. The smallest absolute Gasteiger partial charge is 0.225 e. The zero-order valence-electron chi connectivity index (χ0n) is 53.9. The molecule has 4 saturated heterocycles. The number of amides is 2. The molecule has 4 N–H and O–H groups in total. The summed E-state index contributed by atoms with van der Waals surface area (Å²) in [4.78, 5) is 72.3. The summed E-state index contributed by atoms with van der Waals surface area (Å²) in [6, 6.07) is 25.0. The number of nitrogens with one attached hydrogen (secondary N) is 4. The number of hydrogen-bond donors (Lipinski definition) is 4. The molecular formula is C70H80F2N20O2S2. The number of nitriles is 2. The second-order valence-corrected chi connectivity index (χ2v) is 25.2. The van der Waals surface area contributed by atoms with Crippen molar-refractivity contribution in [2.75, 3.05) is 86.1 Å². The molecule has 12 heterocycles. The fourth-order valence-electron chi connectivity index (χ4n) is 11.9. The minimum absolute atomic E-state index is 0. The molecule has 2 aromatic carbocycles. The van der Waals surface area contributed by atoms with E-state index in [4.69, 9.17) is 41.2 Å². The van der Waals surface area contributed by atoms with Crippen molar-refractivity contribution in [2.24, 2.45) is 11.8 Å². The standard InChI is InChI=1S/2C33H33FN10OS.C2H6.2CH4/c2*1-3-26-31(42(2)33-41-29(27(14-35)46-33)20-4-7-24(34)8-5-20)44-19-22(6-9-28(44)40-26)23-15-37-32(38-16-23)43-12-10-21(11-13-43)30(45)39-25-17-36-18-25;1-2;;/h2*4-9,15-16,19,21,25,36H,3,10-13,17-18H2,1-2H3,(H,39,45);1-2H3;2*1H4/i;;1D;;. The number of piperidine rings is 2. The van der Waals surface area contributed by atoms with Crippen molar-refractivity contribution in [1.82, 2.24) is 69.9 Å². The number of hydrogen-bond acceptors (Lipinski definition) is 20. The molecule has 498 valence electrons. The number of pyridine rings is 2. The molecule has 4 aliphatic rings. The van der Waals surface area contributed by atoms with Crippen LogP contribution >= 0.6 is 22.7 Å². The lowest BCUT2D eigenvalue weighted by Gasteiger charge is -2.34. The Bertz CT molecular complexity index is 4150. The number of anilines is 6. The van der Waals surface area contributed by atoms with Crippen molar-refractivity contribution in [3.63, 3.8) is 0 Å². The summed E-state index contributed by atoms with van der Waals surface area (Å²) in [5.74, 6) is 2.72. The molecule has 96 heavy (non-hydrogen) atoms. The molecule has 8 aromatic heterocycles. The predicted octanol–water partition coefficient (Wildman–Crippen LogP) is 11.4. The largest absolute Gasteiger partial charge is 0.351 e. The van der Waals surface area contributed by atoms with E-state index in [1.807, 2.05) is 94.1 Å². The van der Waals surface area contributed by atoms with Gasteiger partial charge in [0, 0.05) is 150 Å². The number of rotatable bonds is 16. The molecule has 0 unspecified atom stereocenters. The van der Waals surface area contributed by atoms with Gasteiger partial charge in [0.25, 0.3) is 0 Å². The Morgan fingerprint density at radius 1 is 0.573 bits per heavy atom. The molecule has 4 fully saturated rings. The van der Waals surface area contributed by atoms with Gasteiger partial charge in [0.1, 0.15) is 67.8 Å². The Morgan fingerprint density at radius 3 is 1.23 bits per heavy atom. The Hall–Kier alpha value is -9.86. The van der Waals surface area contributed by atoms with Crippen LogP contribution in [0, 0.1) is 46.1 Å². The van der Waals surface area contributed by atoms with Crippen LogP contribution < -0.4 is 40.9 Å². The van der Waals surface area contributed by atoms with Crippen molar-refractivity contribution in [3.05, 3.63) is 143 Å². The molecule has 0 aliphatic carbocycles. The maximum atomic E-state index is 13.6. The van der Waals surface area contributed by atoms with Gasteiger partial charge in [-0.15, -0.1) is 0 Å². The summed E-state index contributed by atoms with van der Waals surface area (Å²) in [7, 11) is 3.83. The van der Waals surface area contributed by atoms with Crippen molar-refractivity contribution in [1.29, 1.82) is 10.5 Å². The summed E-state index contributed by atoms with van der Waals surface area (Å²) < 4.78 is 37.4. The quantitative estimate of drug-likeness (QED) is 0.0701. The lowest BCUT2D eigenvalue weighted by Crippen LogP contribution is -2.58. The number of thiazole rings is 2. The number of benzene rings is 2. The summed E-state index contributed by atoms with van der Waals surface area (Å²) in [5.41, 5.74) is 9.38. The monoisotopic (exact) mass is 1340 g/mol. The number of fused-ring (bicyclic) bond motifs is 2. The first-order chi connectivity index (χ1) is 46.2. The molecule has 0 spiro atoms. The van der Waals surface area contributed by atoms with Gasteiger partial charge in [-0.05, 0) is 111 Å². The highest BCUT2D eigenvalue weighted by molar-refractivity contribution is 7.17. The minimum atomic E-state index is -0.341. The minimum Gasteiger partial charge on any atom is -0.351 e. The first-order valence-corrected chi connectivity index (χ1v) is 33.2. The van der Waals surface area contributed by atoms with Crippen molar-refractivity contribution in [2.45, 2.75) is 93.1 Å². The summed E-state index contributed by atoms with van der Waals surface area (Å²) in [5, 5.41) is 33.6. The molecule has 0 radical (unpaired) electrons. The van der Waals surface area contributed by atoms with E-state index in [-0.39, 0.29) is 62.2 Å².